The Hall–Kier alpha value is -2.74. The normalized spacial score (nSPS) is 22.2. The van der Waals surface area contributed by atoms with Gasteiger partial charge < -0.3 is 31.2 Å². The van der Waals surface area contributed by atoms with Crippen molar-refractivity contribution in [2.24, 2.45) is 17.1 Å². The minimum absolute atomic E-state index is 0.0448. The topological polar surface area (TPSA) is 169 Å². The molecule has 42 heavy (non-hydrogen) atoms. The van der Waals surface area contributed by atoms with Crippen molar-refractivity contribution in [1.29, 1.82) is 0 Å². The number of sulfonamides is 1. The Kier molecular flexibility index (Phi) is 10.5. The molecule has 2 heterocycles. The summed E-state index contributed by atoms with van der Waals surface area (Å²) in [5, 5.41) is 22.4. The highest BCUT2D eigenvalue weighted by molar-refractivity contribution is 7.89. The third kappa shape index (κ3) is 7.61. The van der Waals surface area contributed by atoms with E-state index in [1.165, 1.54) is 33.5 Å². The van der Waals surface area contributed by atoms with Gasteiger partial charge in [-0.1, -0.05) is 44.2 Å². The van der Waals surface area contributed by atoms with Crippen LogP contribution >= 0.6 is 0 Å². The first-order valence-corrected chi connectivity index (χ1v) is 15.9. The Labute approximate surface area is 248 Å². The summed E-state index contributed by atoms with van der Waals surface area (Å²) >= 11 is 0. The number of carbonyl (C=O) groups is 1. The van der Waals surface area contributed by atoms with Crippen LogP contribution in [0.3, 0.4) is 0 Å². The van der Waals surface area contributed by atoms with Gasteiger partial charge in [0.2, 0.25) is 10.0 Å². The summed E-state index contributed by atoms with van der Waals surface area (Å²) in [6.45, 7) is 4.79. The second-order valence-corrected chi connectivity index (χ2v) is 14.0. The lowest BCUT2D eigenvalue weighted by Gasteiger charge is -2.40. The fourth-order valence-electron chi connectivity index (χ4n) is 6.04. The molecule has 0 aromatic heterocycles. The lowest BCUT2D eigenvalue weighted by Crippen LogP contribution is -2.58. The van der Waals surface area contributed by atoms with Gasteiger partial charge in [-0.3, -0.25) is 4.90 Å². The van der Waals surface area contributed by atoms with Gasteiger partial charge >= 0.3 is 6.09 Å². The minimum atomic E-state index is -4.08. The molecule has 0 unspecified atom stereocenters. The summed E-state index contributed by atoms with van der Waals surface area (Å²) in [6, 6.07) is 13.7. The molecule has 2 aliphatic heterocycles. The van der Waals surface area contributed by atoms with E-state index in [-0.39, 0.29) is 36.9 Å². The van der Waals surface area contributed by atoms with E-state index in [0.717, 1.165) is 5.56 Å². The summed E-state index contributed by atoms with van der Waals surface area (Å²) in [4.78, 5) is 14.2. The van der Waals surface area contributed by atoms with Gasteiger partial charge in [0.15, 0.2) is 6.29 Å². The molecule has 11 nitrogen and oxygen atoms in total. The average molecular weight is 605 g/mol. The standard InChI is InChI=1S/C30H44N4O7S/c1-30(2,14-6-15-31)20-33(42(38,39)23-11-9-22(32)10-12-23)18-27(35)25(17-21-7-4-3-5-8-21)34(29(36)37)26-19-41-28-24(26)13-16-40-28/h3-5,7-12,24-28,35H,6,13-20,31-32H2,1-2H3,(H,36,37)/t24-,25-,26-,27+,28+/m0/s1. The van der Waals surface area contributed by atoms with E-state index < -0.39 is 46.0 Å². The molecular formula is C30H44N4O7S. The smallest absolute Gasteiger partial charge is 0.407 e. The third-order valence-corrected chi connectivity index (χ3v) is 10.1. The van der Waals surface area contributed by atoms with Gasteiger partial charge in [-0.2, -0.15) is 4.31 Å². The molecule has 6 N–H and O–H groups in total. The number of hydrogen-bond donors (Lipinski definition) is 4. The number of nitrogen functional groups attached to an aromatic ring is 1. The Balaban J connectivity index is 1.70. The molecule has 232 valence electrons. The lowest BCUT2D eigenvalue weighted by molar-refractivity contribution is -0.0906. The Morgan fingerprint density at radius 1 is 1.12 bits per heavy atom. The maximum Gasteiger partial charge on any atom is 0.407 e. The average Bonchev–Trinajstić information content (AvgIpc) is 3.57. The van der Waals surface area contributed by atoms with E-state index in [4.69, 9.17) is 20.9 Å². The molecule has 0 saturated carbocycles. The van der Waals surface area contributed by atoms with Gasteiger partial charge in [-0.15, -0.1) is 0 Å². The van der Waals surface area contributed by atoms with Gasteiger partial charge in [0.25, 0.3) is 0 Å². The molecule has 5 atom stereocenters. The van der Waals surface area contributed by atoms with Crippen LogP contribution in [0.5, 0.6) is 0 Å². The number of fused-ring (bicyclic) bond motifs is 1. The number of ether oxygens (including phenoxy) is 2. The molecule has 2 aromatic carbocycles. The molecular weight excluding hydrogens is 560 g/mol. The molecule has 0 bridgehead atoms. The zero-order valence-electron chi connectivity index (χ0n) is 24.3. The number of anilines is 1. The van der Waals surface area contributed by atoms with Crippen molar-refractivity contribution in [2.75, 3.05) is 38.6 Å². The van der Waals surface area contributed by atoms with Crippen LogP contribution in [0.4, 0.5) is 10.5 Å². The third-order valence-electron chi connectivity index (χ3n) is 8.25. The molecule has 2 aliphatic rings. The highest BCUT2D eigenvalue weighted by atomic mass is 32.2. The van der Waals surface area contributed by atoms with Crippen LogP contribution in [0, 0.1) is 11.3 Å². The maximum atomic E-state index is 14.0. The van der Waals surface area contributed by atoms with Gasteiger partial charge in [-0.05, 0) is 67.5 Å². The number of hydrogen-bond acceptors (Lipinski definition) is 8. The predicted molar refractivity (Wildman–Crippen MR) is 159 cm³/mol. The lowest BCUT2D eigenvalue weighted by atomic mass is 9.87. The highest BCUT2D eigenvalue weighted by Gasteiger charge is 2.49. The number of carboxylic acid groups (broad SMARTS) is 1. The quantitative estimate of drug-likeness (QED) is 0.237. The van der Waals surface area contributed by atoms with Crippen molar-refractivity contribution in [3.05, 3.63) is 60.2 Å². The Morgan fingerprint density at radius 2 is 1.81 bits per heavy atom. The van der Waals surface area contributed by atoms with Gasteiger partial charge in [-0.25, -0.2) is 13.2 Å². The molecule has 2 aromatic rings. The first-order valence-electron chi connectivity index (χ1n) is 14.4. The number of nitrogens with two attached hydrogens (primary N) is 2. The molecule has 12 heteroatoms. The zero-order valence-corrected chi connectivity index (χ0v) is 25.2. The van der Waals surface area contributed by atoms with Crippen molar-refractivity contribution >= 4 is 21.8 Å². The monoisotopic (exact) mass is 604 g/mol. The van der Waals surface area contributed by atoms with Gasteiger partial charge in [0, 0.05) is 24.7 Å². The highest BCUT2D eigenvalue weighted by Crippen LogP contribution is 2.36. The first kappa shape index (κ1) is 32.2. The second-order valence-electron chi connectivity index (χ2n) is 12.0. The number of nitrogens with zero attached hydrogens (tertiary/aromatic N) is 2. The summed E-state index contributed by atoms with van der Waals surface area (Å²) in [5.74, 6) is -0.170. The predicted octanol–water partition coefficient (Wildman–Crippen LogP) is 2.74. The van der Waals surface area contributed by atoms with E-state index in [1.807, 2.05) is 44.2 Å². The molecule has 4 rings (SSSR count). The summed E-state index contributed by atoms with van der Waals surface area (Å²) in [6.07, 6.45) is -0.831. The number of aliphatic hydroxyl groups excluding tert-OH is 1. The molecule has 2 fully saturated rings. The minimum Gasteiger partial charge on any atom is -0.465 e. The van der Waals surface area contributed by atoms with Crippen LogP contribution in [-0.2, 0) is 25.9 Å². The largest absolute Gasteiger partial charge is 0.465 e. The van der Waals surface area contributed by atoms with Crippen LogP contribution in [0.2, 0.25) is 0 Å². The molecule has 0 spiro atoms. The van der Waals surface area contributed by atoms with Crippen LogP contribution < -0.4 is 11.5 Å². The van der Waals surface area contributed by atoms with E-state index in [9.17, 15) is 23.4 Å². The second kappa shape index (κ2) is 13.7. The fourth-order valence-corrected chi connectivity index (χ4v) is 7.68. The molecule has 2 saturated heterocycles. The van der Waals surface area contributed by atoms with Crippen LogP contribution in [0.25, 0.3) is 0 Å². The van der Waals surface area contributed by atoms with Crippen LogP contribution in [-0.4, -0.2) is 91.3 Å². The molecule has 0 radical (unpaired) electrons. The van der Waals surface area contributed by atoms with Crippen molar-refractivity contribution in [3.63, 3.8) is 0 Å². The maximum absolute atomic E-state index is 14.0. The summed E-state index contributed by atoms with van der Waals surface area (Å²) < 4.78 is 40.7. The van der Waals surface area contributed by atoms with Gasteiger partial charge in [0.05, 0.1) is 36.3 Å². The zero-order chi connectivity index (χ0) is 30.5. The number of amides is 1. The Morgan fingerprint density at radius 3 is 2.45 bits per heavy atom. The van der Waals surface area contributed by atoms with Crippen molar-refractivity contribution in [3.8, 4) is 0 Å². The Bertz CT molecular complexity index is 1280. The van der Waals surface area contributed by atoms with Crippen LogP contribution in [0.15, 0.2) is 59.5 Å². The molecule has 1 amide bonds. The van der Waals surface area contributed by atoms with E-state index >= 15 is 0 Å². The van der Waals surface area contributed by atoms with E-state index in [2.05, 4.69) is 0 Å². The van der Waals surface area contributed by atoms with Crippen molar-refractivity contribution in [1.82, 2.24) is 9.21 Å². The summed E-state index contributed by atoms with van der Waals surface area (Å²) in [7, 11) is -4.08. The number of benzene rings is 2. The first-order chi connectivity index (χ1) is 19.9. The SMILES string of the molecule is CC(C)(CCCN)CN(C[C@@H](O)[C@H](Cc1ccccc1)N(C(=O)O)[C@H]1CO[C@H]2OCC[C@H]21)S(=O)(=O)c1ccc(N)cc1. The van der Waals surface area contributed by atoms with E-state index in [1.54, 1.807) is 0 Å². The number of rotatable bonds is 14. The van der Waals surface area contributed by atoms with Gasteiger partial charge in [0.1, 0.15) is 0 Å². The number of aliphatic hydroxyl groups is 1. The molecule has 0 aliphatic carbocycles. The van der Waals surface area contributed by atoms with Crippen molar-refractivity contribution in [2.45, 2.75) is 68.9 Å². The summed E-state index contributed by atoms with van der Waals surface area (Å²) in [5.41, 5.74) is 12.3. The van der Waals surface area contributed by atoms with Crippen molar-refractivity contribution < 1.29 is 32.9 Å². The van der Waals surface area contributed by atoms with Crippen LogP contribution in [0.1, 0.15) is 38.7 Å². The fraction of sp³-hybridized carbons (Fsp3) is 0.567. The van der Waals surface area contributed by atoms with E-state index in [0.29, 0.717) is 38.1 Å².